The van der Waals surface area contributed by atoms with Gasteiger partial charge in [-0.25, -0.2) is 4.79 Å². The molecule has 0 atom stereocenters. The lowest BCUT2D eigenvalue weighted by Crippen LogP contribution is -2.02. The van der Waals surface area contributed by atoms with Crippen molar-refractivity contribution in [1.82, 2.24) is 0 Å². The van der Waals surface area contributed by atoms with Gasteiger partial charge in [-0.15, -0.1) is 0 Å². The van der Waals surface area contributed by atoms with E-state index in [9.17, 15) is 4.79 Å². The van der Waals surface area contributed by atoms with Gasteiger partial charge in [0.05, 0.1) is 19.8 Å². The predicted molar refractivity (Wildman–Crippen MR) is 91.7 cm³/mol. The van der Waals surface area contributed by atoms with Crippen LogP contribution in [0.25, 0.3) is 21.9 Å². The summed E-state index contributed by atoms with van der Waals surface area (Å²) < 4.78 is 9.95. The normalized spacial score (nSPS) is 10.5. The topological polar surface area (TPSA) is 61.5 Å². The van der Waals surface area contributed by atoms with E-state index < -0.39 is 5.97 Å². The Morgan fingerprint density at radius 2 is 1.65 bits per heavy atom. The van der Waals surface area contributed by atoms with Crippen molar-refractivity contribution in [1.29, 1.82) is 0 Å². The van der Waals surface area contributed by atoms with Crippen molar-refractivity contribution in [2.45, 2.75) is 0 Å². The Morgan fingerprint density at radius 1 is 0.913 bits per heavy atom. The average molecular weight is 307 g/mol. The molecular formula is C19H17NO3. The lowest BCUT2D eigenvalue weighted by atomic mass is 9.98. The average Bonchev–Trinajstić information content (AvgIpc) is 2.60. The zero-order valence-corrected chi connectivity index (χ0v) is 13.0. The Bertz CT molecular complexity index is 887. The molecule has 116 valence electrons. The predicted octanol–water partition coefficient (Wildman–Crippen LogP) is 3.88. The summed E-state index contributed by atoms with van der Waals surface area (Å²) in [7, 11) is 3.00. The van der Waals surface area contributed by atoms with Gasteiger partial charge >= 0.3 is 5.97 Å². The summed E-state index contributed by atoms with van der Waals surface area (Å²) in [5.74, 6) is 0.432. The highest BCUT2D eigenvalue weighted by molar-refractivity contribution is 5.94. The van der Waals surface area contributed by atoms with Crippen LogP contribution in [-0.2, 0) is 4.74 Å². The minimum absolute atomic E-state index is 0.395. The van der Waals surface area contributed by atoms with E-state index in [4.69, 9.17) is 15.2 Å². The Kier molecular flexibility index (Phi) is 3.89. The molecule has 0 aliphatic carbocycles. The molecule has 0 spiro atoms. The smallest absolute Gasteiger partial charge is 0.337 e. The van der Waals surface area contributed by atoms with Crippen LogP contribution in [0.4, 0.5) is 5.69 Å². The number of methoxy groups -OCH3 is 2. The Balaban J connectivity index is 2.04. The molecule has 0 aromatic heterocycles. The number of carbonyl (C=O) groups excluding carboxylic acids is 1. The van der Waals surface area contributed by atoms with Crippen molar-refractivity contribution in [3.63, 3.8) is 0 Å². The lowest BCUT2D eigenvalue weighted by molar-refractivity contribution is 0.0601. The molecule has 3 aromatic carbocycles. The molecule has 3 aromatic rings. The number of ether oxygens (including phenoxy) is 2. The number of carbonyl (C=O) groups is 1. The summed E-state index contributed by atoms with van der Waals surface area (Å²) in [6.07, 6.45) is 0. The Labute approximate surface area is 134 Å². The van der Waals surface area contributed by atoms with Gasteiger partial charge in [0.25, 0.3) is 0 Å². The Morgan fingerprint density at radius 3 is 2.35 bits per heavy atom. The first-order valence-electron chi connectivity index (χ1n) is 7.18. The van der Waals surface area contributed by atoms with Crippen LogP contribution in [0.5, 0.6) is 5.75 Å². The summed E-state index contributed by atoms with van der Waals surface area (Å²) in [4.78, 5) is 11.6. The number of benzene rings is 3. The Hall–Kier alpha value is -3.01. The maximum absolute atomic E-state index is 11.6. The first-order chi connectivity index (χ1) is 11.1. The van der Waals surface area contributed by atoms with Gasteiger partial charge in [0, 0.05) is 11.3 Å². The minimum Gasteiger partial charge on any atom is -0.497 e. The van der Waals surface area contributed by atoms with Gasteiger partial charge in [0.15, 0.2) is 0 Å². The van der Waals surface area contributed by atoms with Crippen molar-refractivity contribution in [2.24, 2.45) is 0 Å². The summed E-state index contributed by atoms with van der Waals surface area (Å²) in [6.45, 7) is 0. The first-order valence-corrected chi connectivity index (χ1v) is 7.18. The number of rotatable bonds is 3. The van der Waals surface area contributed by atoms with Gasteiger partial charge in [0.2, 0.25) is 0 Å². The summed E-state index contributed by atoms with van der Waals surface area (Å²) in [6, 6.07) is 17.2. The molecule has 3 rings (SSSR count). The zero-order valence-electron chi connectivity index (χ0n) is 13.0. The van der Waals surface area contributed by atoms with Crippen molar-refractivity contribution in [2.75, 3.05) is 20.0 Å². The zero-order chi connectivity index (χ0) is 16.4. The third-order valence-electron chi connectivity index (χ3n) is 3.83. The molecular weight excluding hydrogens is 290 g/mol. The van der Waals surface area contributed by atoms with Crippen molar-refractivity contribution >= 4 is 22.4 Å². The van der Waals surface area contributed by atoms with Gasteiger partial charge in [-0.2, -0.15) is 0 Å². The maximum atomic E-state index is 11.6. The second-order valence-corrected chi connectivity index (χ2v) is 5.22. The number of nitrogens with two attached hydrogens (primary N) is 1. The molecule has 4 nitrogen and oxygen atoms in total. The molecule has 0 radical (unpaired) electrons. The van der Waals surface area contributed by atoms with Crippen LogP contribution >= 0.6 is 0 Å². The van der Waals surface area contributed by atoms with E-state index in [1.54, 1.807) is 19.2 Å². The fourth-order valence-corrected chi connectivity index (χ4v) is 2.59. The second kappa shape index (κ2) is 6.01. The van der Waals surface area contributed by atoms with Gasteiger partial charge in [-0.3, -0.25) is 0 Å². The number of fused-ring (bicyclic) bond motifs is 1. The van der Waals surface area contributed by atoms with E-state index in [0.717, 1.165) is 27.6 Å². The van der Waals surface area contributed by atoms with E-state index in [0.29, 0.717) is 11.3 Å². The SMILES string of the molecule is COC(=O)c1ccc(-c2ccc3cc(OC)ccc3c2)c(N)c1. The van der Waals surface area contributed by atoms with Crippen LogP contribution in [0.2, 0.25) is 0 Å². The lowest BCUT2D eigenvalue weighted by Gasteiger charge is -2.09. The molecule has 0 saturated carbocycles. The third kappa shape index (κ3) is 2.83. The third-order valence-corrected chi connectivity index (χ3v) is 3.83. The molecule has 2 N–H and O–H groups in total. The highest BCUT2D eigenvalue weighted by Crippen LogP contribution is 2.31. The molecule has 0 aliphatic heterocycles. The van der Waals surface area contributed by atoms with Crippen molar-refractivity contribution in [3.05, 3.63) is 60.2 Å². The number of anilines is 1. The van der Waals surface area contributed by atoms with Gasteiger partial charge in [-0.1, -0.05) is 24.3 Å². The molecule has 0 heterocycles. The van der Waals surface area contributed by atoms with E-state index >= 15 is 0 Å². The summed E-state index contributed by atoms with van der Waals surface area (Å²) >= 11 is 0. The largest absolute Gasteiger partial charge is 0.497 e. The highest BCUT2D eigenvalue weighted by Gasteiger charge is 2.10. The standard InChI is InChI=1S/C19H17NO3/c1-22-16-7-5-12-9-14(4-3-13(12)10-16)17-8-6-15(11-18(17)20)19(21)23-2/h3-11H,20H2,1-2H3. The number of nitrogen functional groups attached to an aromatic ring is 1. The van der Waals surface area contributed by atoms with Crippen LogP contribution in [0.3, 0.4) is 0 Å². The van der Waals surface area contributed by atoms with E-state index in [-0.39, 0.29) is 0 Å². The first kappa shape index (κ1) is 14.9. The van der Waals surface area contributed by atoms with Gasteiger partial charge < -0.3 is 15.2 Å². The van der Waals surface area contributed by atoms with Crippen LogP contribution < -0.4 is 10.5 Å². The molecule has 0 amide bonds. The van der Waals surface area contributed by atoms with E-state index in [1.165, 1.54) is 7.11 Å². The van der Waals surface area contributed by atoms with Gasteiger partial charge in [0.1, 0.15) is 5.75 Å². The van der Waals surface area contributed by atoms with Crippen molar-refractivity contribution in [3.8, 4) is 16.9 Å². The van der Waals surface area contributed by atoms with Crippen LogP contribution in [0.1, 0.15) is 10.4 Å². The highest BCUT2D eigenvalue weighted by atomic mass is 16.5. The molecule has 23 heavy (non-hydrogen) atoms. The van der Waals surface area contributed by atoms with Crippen molar-refractivity contribution < 1.29 is 14.3 Å². The number of hydrogen-bond acceptors (Lipinski definition) is 4. The quantitative estimate of drug-likeness (QED) is 0.589. The summed E-state index contributed by atoms with van der Waals surface area (Å²) in [5, 5.41) is 2.19. The second-order valence-electron chi connectivity index (χ2n) is 5.22. The monoisotopic (exact) mass is 307 g/mol. The molecule has 0 fully saturated rings. The number of esters is 1. The number of hydrogen-bond donors (Lipinski definition) is 1. The molecule has 4 heteroatoms. The van der Waals surface area contributed by atoms with E-state index in [2.05, 4.69) is 6.07 Å². The molecule has 0 bridgehead atoms. The minimum atomic E-state index is -0.395. The maximum Gasteiger partial charge on any atom is 0.337 e. The van der Waals surface area contributed by atoms with Gasteiger partial charge in [-0.05, 0) is 46.7 Å². The van der Waals surface area contributed by atoms with E-state index in [1.807, 2.05) is 36.4 Å². The molecule has 0 aliphatic rings. The summed E-state index contributed by atoms with van der Waals surface area (Å²) in [5.41, 5.74) is 8.98. The fourth-order valence-electron chi connectivity index (χ4n) is 2.59. The molecule has 0 saturated heterocycles. The fraction of sp³-hybridized carbons (Fsp3) is 0.105. The van der Waals surface area contributed by atoms with Crippen LogP contribution in [0, 0.1) is 0 Å². The van der Waals surface area contributed by atoms with Crippen LogP contribution in [-0.4, -0.2) is 20.2 Å². The van der Waals surface area contributed by atoms with Crippen LogP contribution in [0.15, 0.2) is 54.6 Å². The molecule has 0 unspecified atom stereocenters.